The first-order valence-electron chi connectivity index (χ1n) is 7.30. The summed E-state index contributed by atoms with van der Waals surface area (Å²) in [5, 5.41) is 0. The van der Waals surface area contributed by atoms with E-state index in [9.17, 15) is 9.59 Å². The van der Waals surface area contributed by atoms with Gasteiger partial charge < -0.3 is 4.74 Å². The fourth-order valence-corrected chi connectivity index (χ4v) is 3.51. The average molecular weight is 293 g/mol. The van der Waals surface area contributed by atoms with Crippen LogP contribution in [0, 0.1) is 0 Å². The van der Waals surface area contributed by atoms with E-state index in [0.717, 1.165) is 11.1 Å². The zero-order valence-corrected chi connectivity index (χ0v) is 12.2. The quantitative estimate of drug-likeness (QED) is 0.812. The molecule has 0 aliphatic carbocycles. The van der Waals surface area contributed by atoms with Crippen LogP contribution in [0.3, 0.4) is 0 Å². The molecule has 110 valence electrons. The van der Waals surface area contributed by atoms with Crippen molar-refractivity contribution in [3.63, 3.8) is 0 Å². The van der Waals surface area contributed by atoms with Crippen molar-refractivity contribution in [3.8, 4) is 0 Å². The van der Waals surface area contributed by atoms with Gasteiger partial charge in [0.05, 0.1) is 18.2 Å². The Balaban J connectivity index is 1.89. The molecular formula is C18H15NO3. The number of rotatable bonds is 1. The number of imide groups is 1. The topological polar surface area (TPSA) is 46.6 Å². The van der Waals surface area contributed by atoms with E-state index in [0.29, 0.717) is 12.3 Å². The summed E-state index contributed by atoms with van der Waals surface area (Å²) in [4.78, 5) is 26.2. The normalized spacial score (nSPS) is 26.0. The van der Waals surface area contributed by atoms with E-state index in [4.69, 9.17) is 4.74 Å². The van der Waals surface area contributed by atoms with Gasteiger partial charge in [-0.05, 0) is 11.6 Å². The van der Waals surface area contributed by atoms with E-state index in [1.165, 1.54) is 11.8 Å². The van der Waals surface area contributed by atoms with Gasteiger partial charge in [0.25, 0.3) is 5.91 Å². The number of nitrogens with zero attached hydrogens (tertiary/aromatic N) is 1. The van der Waals surface area contributed by atoms with Gasteiger partial charge in [0.15, 0.2) is 5.60 Å². The molecule has 0 bridgehead atoms. The van der Waals surface area contributed by atoms with Crippen LogP contribution in [0.5, 0.6) is 0 Å². The molecule has 0 radical (unpaired) electrons. The zero-order chi connectivity index (χ0) is 15.3. The first-order chi connectivity index (χ1) is 10.7. The van der Waals surface area contributed by atoms with E-state index < -0.39 is 5.60 Å². The Kier molecular flexibility index (Phi) is 2.71. The lowest BCUT2D eigenvalue weighted by atomic mass is 9.74. The molecule has 4 heteroatoms. The number of fused-ring (bicyclic) bond motifs is 2. The Hall–Kier alpha value is -2.46. The maximum absolute atomic E-state index is 13.0. The first kappa shape index (κ1) is 13.2. The van der Waals surface area contributed by atoms with Crippen LogP contribution in [0.25, 0.3) is 0 Å². The summed E-state index contributed by atoms with van der Waals surface area (Å²) in [5.74, 6) is -0.621. The molecule has 1 fully saturated rings. The number of hydrogen-bond acceptors (Lipinski definition) is 3. The monoisotopic (exact) mass is 293 g/mol. The Morgan fingerprint density at radius 1 is 1.14 bits per heavy atom. The second-order valence-corrected chi connectivity index (χ2v) is 5.69. The summed E-state index contributed by atoms with van der Waals surface area (Å²) < 4.78 is 5.82. The minimum Gasteiger partial charge on any atom is -0.359 e. The van der Waals surface area contributed by atoms with Crippen molar-refractivity contribution in [3.05, 3.63) is 65.7 Å². The molecule has 4 rings (SSSR count). The summed E-state index contributed by atoms with van der Waals surface area (Å²) in [6.07, 6.45) is 0. The number of carbonyl (C=O) groups is 2. The Morgan fingerprint density at radius 3 is 2.45 bits per heavy atom. The number of ether oxygens (including phenoxy) is 1. The highest BCUT2D eigenvalue weighted by molar-refractivity contribution is 6.22. The molecule has 4 nitrogen and oxygen atoms in total. The number of hydrogen-bond donors (Lipinski definition) is 0. The van der Waals surface area contributed by atoms with Gasteiger partial charge in [-0.25, -0.2) is 4.90 Å². The van der Waals surface area contributed by atoms with Crippen LogP contribution in [0.15, 0.2) is 54.6 Å². The highest BCUT2D eigenvalue weighted by Gasteiger charge is 2.63. The number of carbonyl (C=O) groups excluding carboxylic acids is 2. The van der Waals surface area contributed by atoms with Gasteiger partial charge >= 0.3 is 0 Å². The molecule has 0 N–H and O–H groups in total. The molecule has 2 aromatic rings. The number of anilines is 1. The van der Waals surface area contributed by atoms with Crippen molar-refractivity contribution < 1.29 is 14.3 Å². The zero-order valence-electron chi connectivity index (χ0n) is 12.2. The van der Waals surface area contributed by atoms with Crippen molar-refractivity contribution >= 4 is 17.5 Å². The molecule has 2 aromatic carbocycles. The van der Waals surface area contributed by atoms with Gasteiger partial charge in [-0.3, -0.25) is 9.59 Å². The molecule has 2 aliphatic rings. The molecule has 22 heavy (non-hydrogen) atoms. The molecular weight excluding hydrogens is 278 g/mol. The van der Waals surface area contributed by atoms with Gasteiger partial charge in [-0.15, -0.1) is 0 Å². The van der Waals surface area contributed by atoms with Gasteiger partial charge in [0.1, 0.15) is 0 Å². The van der Waals surface area contributed by atoms with Crippen LogP contribution in [0.4, 0.5) is 5.69 Å². The molecule has 1 spiro atoms. The molecule has 2 atom stereocenters. The second-order valence-electron chi connectivity index (χ2n) is 5.69. The summed E-state index contributed by atoms with van der Waals surface area (Å²) in [6, 6.07) is 17.2. The summed E-state index contributed by atoms with van der Waals surface area (Å²) in [5.41, 5.74) is 1.43. The predicted molar refractivity (Wildman–Crippen MR) is 81.4 cm³/mol. The molecule has 0 aromatic heterocycles. The molecule has 1 saturated heterocycles. The van der Waals surface area contributed by atoms with E-state index in [2.05, 4.69) is 0 Å². The maximum Gasteiger partial charge on any atom is 0.271 e. The molecule has 2 heterocycles. The van der Waals surface area contributed by atoms with E-state index in [1.807, 2.05) is 48.5 Å². The van der Waals surface area contributed by atoms with Gasteiger partial charge in [0, 0.05) is 12.5 Å². The third kappa shape index (κ3) is 1.50. The SMILES string of the molecule is CC(=O)N1C(=O)C2(OCC2c2ccccc2)c2ccccc21. The molecule has 0 saturated carbocycles. The van der Waals surface area contributed by atoms with E-state index in [-0.39, 0.29) is 17.7 Å². The minimum atomic E-state index is -1.05. The minimum absolute atomic E-state index is 0.0632. The van der Waals surface area contributed by atoms with Crippen molar-refractivity contribution in [2.75, 3.05) is 11.5 Å². The highest BCUT2D eigenvalue weighted by Crippen LogP contribution is 2.56. The van der Waals surface area contributed by atoms with Crippen molar-refractivity contribution in [1.82, 2.24) is 0 Å². The van der Waals surface area contributed by atoms with E-state index >= 15 is 0 Å². The maximum atomic E-state index is 13.0. The van der Waals surface area contributed by atoms with Crippen LogP contribution in [0.1, 0.15) is 24.0 Å². The predicted octanol–water partition coefficient (Wildman–Crippen LogP) is 2.59. The van der Waals surface area contributed by atoms with Crippen LogP contribution in [-0.4, -0.2) is 18.4 Å². The summed E-state index contributed by atoms with van der Waals surface area (Å²) >= 11 is 0. The van der Waals surface area contributed by atoms with Crippen LogP contribution < -0.4 is 4.90 Å². The second kappa shape index (κ2) is 4.52. The highest BCUT2D eigenvalue weighted by atomic mass is 16.5. The molecule has 2 aliphatic heterocycles. The largest absolute Gasteiger partial charge is 0.359 e. The Bertz CT molecular complexity index is 771. The summed E-state index contributed by atoms with van der Waals surface area (Å²) in [6.45, 7) is 1.89. The van der Waals surface area contributed by atoms with Crippen molar-refractivity contribution in [2.24, 2.45) is 0 Å². The number of benzene rings is 2. The lowest BCUT2D eigenvalue weighted by molar-refractivity contribution is -0.186. The van der Waals surface area contributed by atoms with Gasteiger partial charge in [0.2, 0.25) is 5.91 Å². The third-order valence-electron chi connectivity index (χ3n) is 4.55. The number of para-hydroxylation sites is 1. The van der Waals surface area contributed by atoms with Gasteiger partial charge in [-0.1, -0.05) is 48.5 Å². The lowest BCUT2D eigenvalue weighted by Gasteiger charge is -2.45. The average Bonchev–Trinajstić information content (AvgIpc) is 2.77. The smallest absolute Gasteiger partial charge is 0.271 e. The third-order valence-corrected chi connectivity index (χ3v) is 4.55. The number of amides is 2. The Morgan fingerprint density at radius 2 is 1.82 bits per heavy atom. The Labute approximate surface area is 128 Å². The van der Waals surface area contributed by atoms with E-state index in [1.54, 1.807) is 6.07 Å². The fourth-order valence-electron chi connectivity index (χ4n) is 3.51. The van der Waals surface area contributed by atoms with Crippen LogP contribution in [-0.2, 0) is 19.9 Å². The van der Waals surface area contributed by atoms with Crippen molar-refractivity contribution in [2.45, 2.75) is 18.4 Å². The fraction of sp³-hybridized carbons (Fsp3) is 0.222. The molecule has 2 unspecified atom stereocenters. The van der Waals surface area contributed by atoms with Crippen LogP contribution in [0.2, 0.25) is 0 Å². The lowest BCUT2D eigenvalue weighted by Crippen LogP contribution is -2.56. The van der Waals surface area contributed by atoms with Gasteiger partial charge in [-0.2, -0.15) is 0 Å². The van der Waals surface area contributed by atoms with Crippen LogP contribution >= 0.6 is 0 Å². The summed E-state index contributed by atoms with van der Waals surface area (Å²) in [7, 11) is 0. The molecule has 2 amide bonds. The van der Waals surface area contributed by atoms with Crippen molar-refractivity contribution in [1.29, 1.82) is 0 Å². The first-order valence-corrected chi connectivity index (χ1v) is 7.30. The standard InChI is InChI=1S/C18H15NO3/c1-12(20)19-16-10-6-5-9-14(16)18(17(19)21)15(11-22-18)13-7-3-2-4-8-13/h2-10,15H,11H2,1H3.